The Kier molecular flexibility index (Phi) is 5.18. The van der Waals surface area contributed by atoms with Gasteiger partial charge in [-0.05, 0) is 42.4 Å². The topological polar surface area (TPSA) is 18.5 Å². The van der Waals surface area contributed by atoms with Crippen molar-refractivity contribution in [1.82, 2.24) is 0 Å². The van der Waals surface area contributed by atoms with Crippen LogP contribution in [0.3, 0.4) is 0 Å². The average molecular weight is 282 g/mol. The Morgan fingerprint density at radius 3 is 2.30 bits per heavy atom. The fraction of sp³-hybridized carbons (Fsp3) is 1.00. The third-order valence-corrected chi connectivity index (χ3v) is 6.51. The third kappa shape index (κ3) is 2.66. The highest BCUT2D eigenvalue weighted by Crippen LogP contribution is 2.58. The lowest BCUT2D eigenvalue weighted by molar-refractivity contribution is -0.220. The average Bonchev–Trinajstić information content (AvgIpc) is 2.93. The van der Waals surface area contributed by atoms with Crippen LogP contribution >= 0.6 is 0 Å². The normalized spacial score (nSPS) is 42.8. The van der Waals surface area contributed by atoms with E-state index in [1.165, 1.54) is 25.7 Å². The van der Waals surface area contributed by atoms with Gasteiger partial charge in [-0.2, -0.15) is 0 Å². The van der Waals surface area contributed by atoms with E-state index in [4.69, 9.17) is 9.47 Å². The molecule has 0 bridgehead atoms. The van der Waals surface area contributed by atoms with Gasteiger partial charge < -0.3 is 9.47 Å². The van der Waals surface area contributed by atoms with Crippen LogP contribution in [0.15, 0.2) is 0 Å². The highest BCUT2D eigenvalue weighted by Gasteiger charge is 2.54. The predicted octanol–water partition coefficient (Wildman–Crippen LogP) is 5.02. The quantitative estimate of drug-likeness (QED) is 0.672. The summed E-state index contributed by atoms with van der Waals surface area (Å²) in [5.74, 6) is 2.41. The molecule has 118 valence electrons. The Hall–Kier alpha value is -0.0800. The highest BCUT2D eigenvalue weighted by atomic mass is 16.7. The second-order valence-corrected chi connectivity index (χ2v) is 7.05. The summed E-state index contributed by atoms with van der Waals surface area (Å²) in [4.78, 5) is 0. The van der Waals surface area contributed by atoms with Gasteiger partial charge in [-0.1, -0.05) is 41.0 Å². The zero-order valence-electron chi connectivity index (χ0n) is 14.2. The van der Waals surface area contributed by atoms with Crippen molar-refractivity contribution in [2.45, 2.75) is 78.9 Å². The minimum absolute atomic E-state index is 0.192. The van der Waals surface area contributed by atoms with E-state index in [9.17, 15) is 0 Å². The molecule has 2 heteroatoms. The molecule has 0 aromatic rings. The lowest BCUT2D eigenvalue weighted by atomic mass is 9.52. The van der Waals surface area contributed by atoms with Gasteiger partial charge in [0.25, 0.3) is 0 Å². The molecule has 0 N–H and O–H groups in total. The Morgan fingerprint density at radius 2 is 1.70 bits per heavy atom. The van der Waals surface area contributed by atoms with E-state index in [1.54, 1.807) is 0 Å². The van der Waals surface area contributed by atoms with Crippen LogP contribution in [0.4, 0.5) is 0 Å². The first-order chi connectivity index (χ1) is 9.60. The molecule has 20 heavy (non-hydrogen) atoms. The minimum atomic E-state index is -0.192. The van der Waals surface area contributed by atoms with Crippen LogP contribution in [-0.4, -0.2) is 19.0 Å². The molecular weight excluding hydrogens is 248 g/mol. The molecule has 1 aliphatic heterocycles. The summed E-state index contributed by atoms with van der Waals surface area (Å²) in [7, 11) is 0. The van der Waals surface area contributed by atoms with Gasteiger partial charge in [-0.3, -0.25) is 0 Å². The first-order valence-electron chi connectivity index (χ1n) is 8.87. The van der Waals surface area contributed by atoms with E-state index in [-0.39, 0.29) is 5.79 Å². The van der Waals surface area contributed by atoms with Crippen molar-refractivity contribution in [1.29, 1.82) is 0 Å². The Labute approximate surface area is 125 Å². The molecule has 0 aromatic heterocycles. The third-order valence-electron chi connectivity index (χ3n) is 6.51. The fourth-order valence-corrected chi connectivity index (χ4v) is 4.93. The second kappa shape index (κ2) is 6.36. The van der Waals surface area contributed by atoms with Crippen molar-refractivity contribution < 1.29 is 9.47 Å². The predicted molar refractivity (Wildman–Crippen MR) is 83.6 cm³/mol. The van der Waals surface area contributed by atoms with Gasteiger partial charge in [0.05, 0.1) is 13.2 Å². The molecule has 1 heterocycles. The smallest absolute Gasteiger partial charge is 0.168 e. The molecule has 2 nitrogen and oxygen atoms in total. The van der Waals surface area contributed by atoms with Crippen LogP contribution in [0.25, 0.3) is 0 Å². The number of hydrogen-bond donors (Lipinski definition) is 0. The molecule has 1 spiro atoms. The first kappa shape index (κ1) is 16.3. The fourth-order valence-electron chi connectivity index (χ4n) is 4.93. The van der Waals surface area contributed by atoms with E-state index in [0.717, 1.165) is 43.8 Å². The standard InChI is InChI=1S/C16H28O2.C2H6/c1-4-13-5-6-14-11-16(17-9-10-18-16)8-7-15(14,3)12(13)2;1-2/h12-14H,4-11H2,1-3H3;1-2H3/t12-,13+,14?,15+;/m0./s1. The van der Waals surface area contributed by atoms with Crippen molar-refractivity contribution in [3.8, 4) is 0 Å². The van der Waals surface area contributed by atoms with Crippen LogP contribution in [0, 0.1) is 23.2 Å². The van der Waals surface area contributed by atoms with Crippen molar-refractivity contribution in [2.75, 3.05) is 13.2 Å². The van der Waals surface area contributed by atoms with Gasteiger partial charge in [-0.15, -0.1) is 0 Å². The van der Waals surface area contributed by atoms with Crippen LogP contribution in [0.1, 0.15) is 73.1 Å². The molecule has 3 rings (SSSR count). The summed E-state index contributed by atoms with van der Waals surface area (Å²) in [5.41, 5.74) is 0.527. The summed E-state index contributed by atoms with van der Waals surface area (Å²) in [5, 5.41) is 0. The van der Waals surface area contributed by atoms with Crippen LogP contribution in [0.2, 0.25) is 0 Å². The number of fused-ring (bicyclic) bond motifs is 1. The van der Waals surface area contributed by atoms with E-state index in [2.05, 4.69) is 20.8 Å². The summed E-state index contributed by atoms with van der Waals surface area (Å²) in [6, 6.07) is 0. The van der Waals surface area contributed by atoms with Gasteiger partial charge in [0, 0.05) is 12.8 Å². The summed E-state index contributed by atoms with van der Waals surface area (Å²) in [6.07, 6.45) is 7.68. The minimum Gasteiger partial charge on any atom is -0.348 e. The lowest BCUT2D eigenvalue weighted by Crippen LogP contribution is -2.51. The molecule has 3 aliphatic rings. The molecule has 1 saturated heterocycles. The molecular formula is C18H34O2. The Balaban J connectivity index is 0.000000704. The van der Waals surface area contributed by atoms with Gasteiger partial charge in [0.2, 0.25) is 0 Å². The van der Waals surface area contributed by atoms with Gasteiger partial charge in [0.15, 0.2) is 5.79 Å². The van der Waals surface area contributed by atoms with Gasteiger partial charge in [-0.25, -0.2) is 0 Å². The monoisotopic (exact) mass is 282 g/mol. The summed E-state index contributed by atoms with van der Waals surface area (Å²) < 4.78 is 11.9. The maximum Gasteiger partial charge on any atom is 0.168 e. The highest BCUT2D eigenvalue weighted by molar-refractivity contribution is 5.00. The van der Waals surface area contributed by atoms with E-state index in [1.807, 2.05) is 13.8 Å². The van der Waals surface area contributed by atoms with Crippen LogP contribution in [-0.2, 0) is 9.47 Å². The molecule has 2 saturated carbocycles. The molecule has 0 radical (unpaired) electrons. The largest absolute Gasteiger partial charge is 0.348 e. The zero-order chi connectivity index (χ0) is 14.8. The van der Waals surface area contributed by atoms with E-state index >= 15 is 0 Å². The van der Waals surface area contributed by atoms with Crippen LogP contribution in [0.5, 0.6) is 0 Å². The maximum absolute atomic E-state index is 5.94. The number of hydrogen-bond acceptors (Lipinski definition) is 2. The molecule has 1 unspecified atom stereocenters. The molecule has 0 aromatic carbocycles. The van der Waals surface area contributed by atoms with Crippen molar-refractivity contribution in [3.05, 3.63) is 0 Å². The van der Waals surface area contributed by atoms with E-state index < -0.39 is 0 Å². The zero-order valence-corrected chi connectivity index (χ0v) is 14.2. The first-order valence-corrected chi connectivity index (χ1v) is 8.87. The molecule has 3 fully saturated rings. The van der Waals surface area contributed by atoms with Crippen molar-refractivity contribution >= 4 is 0 Å². The molecule has 2 aliphatic carbocycles. The van der Waals surface area contributed by atoms with Crippen molar-refractivity contribution in [3.63, 3.8) is 0 Å². The summed E-state index contributed by atoms with van der Waals surface area (Å²) in [6.45, 7) is 13.0. The molecule has 4 atom stereocenters. The maximum atomic E-state index is 5.94. The number of ether oxygens (including phenoxy) is 2. The second-order valence-electron chi connectivity index (χ2n) is 7.05. The Morgan fingerprint density at radius 1 is 1.05 bits per heavy atom. The van der Waals surface area contributed by atoms with Crippen LogP contribution < -0.4 is 0 Å². The lowest BCUT2D eigenvalue weighted by Gasteiger charge is -2.55. The molecule has 0 amide bonds. The number of rotatable bonds is 1. The van der Waals surface area contributed by atoms with Crippen molar-refractivity contribution in [2.24, 2.45) is 23.2 Å². The SMILES string of the molecule is CC.CC[C@@H]1CCC2CC3(CC[C@]2(C)[C@H]1C)OCCO3. The van der Waals surface area contributed by atoms with Gasteiger partial charge >= 0.3 is 0 Å². The Bertz CT molecular complexity index is 309. The van der Waals surface area contributed by atoms with Gasteiger partial charge in [0.1, 0.15) is 0 Å². The summed E-state index contributed by atoms with van der Waals surface area (Å²) >= 11 is 0. The van der Waals surface area contributed by atoms with E-state index in [0.29, 0.717) is 5.41 Å².